The molecule has 26 heavy (non-hydrogen) atoms. The smallest absolute Gasteiger partial charge is 0.419 e. The van der Waals surface area contributed by atoms with E-state index in [2.05, 4.69) is 11.9 Å². The zero-order valence-electron chi connectivity index (χ0n) is 16.2. The maximum Gasteiger partial charge on any atom is 0.419 e. The minimum atomic E-state index is -4.84. The second kappa shape index (κ2) is 16.1. The highest BCUT2D eigenvalue weighted by Crippen LogP contribution is 2.15. The monoisotopic (exact) mass is 378 g/mol. The van der Waals surface area contributed by atoms with Gasteiger partial charge in [-0.25, -0.2) is 0 Å². The summed E-state index contributed by atoms with van der Waals surface area (Å²) in [7, 11) is 0. The zero-order chi connectivity index (χ0) is 19.7. The molecule has 0 bridgehead atoms. The highest BCUT2D eigenvalue weighted by atomic mass is 19.4. The van der Waals surface area contributed by atoms with E-state index in [0.717, 1.165) is 51.4 Å². The van der Waals surface area contributed by atoms with Crippen LogP contribution in [0.2, 0.25) is 0 Å². The highest BCUT2D eigenvalue weighted by molar-refractivity contribution is 5.78. The molecule has 0 aliphatic heterocycles. The number of alkyl halides is 3. The van der Waals surface area contributed by atoms with Crippen LogP contribution < -0.4 is 5.11 Å². The number of hydrogen-bond donors (Lipinski definition) is 0. The van der Waals surface area contributed by atoms with Crippen LogP contribution in [0.4, 0.5) is 13.2 Å². The summed E-state index contributed by atoms with van der Waals surface area (Å²) in [6.07, 6.45) is 10.0. The van der Waals surface area contributed by atoms with Crippen LogP contribution in [0.15, 0.2) is 4.99 Å². The van der Waals surface area contributed by atoms with Gasteiger partial charge in [0.15, 0.2) is 0 Å². The summed E-state index contributed by atoms with van der Waals surface area (Å²) < 4.78 is 35.8. The maximum atomic E-state index is 11.9. The van der Waals surface area contributed by atoms with Crippen molar-refractivity contribution in [1.29, 1.82) is 0 Å². The number of carbonyl (C=O) groups is 1. The number of rotatable bonds is 17. The zero-order valence-corrected chi connectivity index (χ0v) is 16.2. The van der Waals surface area contributed by atoms with Crippen molar-refractivity contribution in [3.05, 3.63) is 0 Å². The first-order valence-corrected chi connectivity index (χ1v) is 10.2. The minimum absolute atomic E-state index is 0.0503. The van der Waals surface area contributed by atoms with Gasteiger partial charge in [-0.2, -0.15) is 13.2 Å². The average Bonchev–Trinajstić information content (AvgIpc) is 2.58. The predicted molar refractivity (Wildman–Crippen MR) is 98.3 cm³/mol. The van der Waals surface area contributed by atoms with Crippen molar-refractivity contribution in [1.82, 2.24) is 0 Å². The van der Waals surface area contributed by atoms with E-state index in [-0.39, 0.29) is 6.54 Å². The van der Waals surface area contributed by atoms with Crippen molar-refractivity contribution >= 4 is 11.7 Å². The third kappa shape index (κ3) is 16.4. The normalized spacial score (nSPS) is 12.5. The summed E-state index contributed by atoms with van der Waals surface area (Å²) in [5.74, 6) is -1.61. The summed E-state index contributed by atoms with van der Waals surface area (Å²) in [5, 5.41) is 10.5. The minimum Gasteiger partial charge on any atom is -0.856 e. The molecule has 154 valence electrons. The van der Waals surface area contributed by atoms with Gasteiger partial charge in [-0.15, -0.1) is 0 Å². The van der Waals surface area contributed by atoms with Crippen molar-refractivity contribution in [2.45, 2.75) is 109 Å². The van der Waals surface area contributed by atoms with E-state index in [1.807, 2.05) is 0 Å². The van der Waals surface area contributed by atoms with E-state index in [9.17, 15) is 23.1 Å². The fraction of sp³-hybridized carbons (Fsp3) is 0.900. The number of hydrogen-bond acceptors (Lipinski definition) is 3. The topological polar surface area (TPSA) is 52.5 Å². The SMILES string of the molecule is CCCCCCCCC(=O)CCCCCCCCCN=C([O-])C(F)(F)F. The Morgan fingerprint density at radius 1 is 0.769 bits per heavy atom. The van der Waals surface area contributed by atoms with Gasteiger partial charge < -0.3 is 5.11 Å². The first-order valence-electron chi connectivity index (χ1n) is 10.2. The number of Topliss-reactive ketones (excluding diaryl/α,β-unsaturated/α-hetero) is 1. The molecule has 0 amide bonds. The molecule has 0 aliphatic rings. The van der Waals surface area contributed by atoms with Crippen LogP contribution in [-0.4, -0.2) is 24.4 Å². The van der Waals surface area contributed by atoms with Crippen LogP contribution in [-0.2, 0) is 4.79 Å². The molecule has 0 saturated heterocycles. The first kappa shape index (κ1) is 24.9. The maximum absolute atomic E-state index is 11.9. The number of unbranched alkanes of at least 4 members (excludes halogenated alkanes) is 11. The lowest BCUT2D eigenvalue weighted by atomic mass is 10.0. The molecule has 0 rings (SSSR count). The lowest BCUT2D eigenvalue weighted by molar-refractivity contribution is -0.262. The van der Waals surface area contributed by atoms with Gasteiger partial charge in [-0.05, 0) is 19.3 Å². The Labute approximate surface area is 156 Å². The molecule has 0 radical (unpaired) electrons. The Morgan fingerprint density at radius 2 is 1.19 bits per heavy atom. The van der Waals surface area contributed by atoms with Crippen molar-refractivity contribution < 1.29 is 23.1 Å². The molecule has 0 spiro atoms. The standard InChI is InChI=1S/C20H36F3NO2/c1-2-3-4-5-9-12-15-18(25)16-13-10-7-6-8-11-14-17-24-19(26)20(21,22)23/h2-17H2,1H3,(H,24,26)/p-1. The van der Waals surface area contributed by atoms with Gasteiger partial charge in [0.25, 0.3) is 0 Å². The quantitative estimate of drug-likeness (QED) is 0.184. The summed E-state index contributed by atoms with van der Waals surface area (Å²) in [5.41, 5.74) is 0. The summed E-state index contributed by atoms with van der Waals surface area (Å²) >= 11 is 0. The van der Waals surface area contributed by atoms with Gasteiger partial charge in [0.1, 0.15) is 5.78 Å². The van der Waals surface area contributed by atoms with Gasteiger partial charge in [-0.1, -0.05) is 71.1 Å². The fourth-order valence-electron chi connectivity index (χ4n) is 2.82. The van der Waals surface area contributed by atoms with E-state index in [1.54, 1.807) is 0 Å². The molecule has 0 fully saturated rings. The van der Waals surface area contributed by atoms with Crippen molar-refractivity contribution in [2.75, 3.05) is 6.54 Å². The van der Waals surface area contributed by atoms with Gasteiger partial charge in [0.05, 0.1) is 5.90 Å². The van der Waals surface area contributed by atoms with Crippen LogP contribution in [0.5, 0.6) is 0 Å². The van der Waals surface area contributed by atoms with E-state index < -0.39 is 12.1 Å². The van der Waals surface area contributed by atoms with Gasteiger partial charge in [0, 0.05) is 19.4 Å². The van der Waals surface area contributed by atoms with Crippen LogP contribution in [0, 0.1) is 0 Å². The molecule has 0 aromatic rings. The molecule has 6 heteroatoms. The molecule has 0 N–H and O–H groups in total. The second-order valence-corrected chi connectivity index (χ2v) is 6.97. The molecule has 0 saturated carbocycles. The van der Waals surface area contributed by atoms with Gasteiger partial charge in [-0.3, -0.25) is 9.79 Å². The Bertz CT molecular complexity index is 382. The van der Waals surface area contributed by atoms with E-state index in [0.29, 0.717) is 25.0 Å². The predicted octanol–water partition coefficient (Wildman–Crippen LogP) is 5.75. The molecular weight excluding hydrogens is 343 g/mol. The first-order chi connectivity index (χ1) is 12.4. The van der Waals surface area contributed by atoms with Crippen molar-refractivity contribution in [2.24, 2.45) is 4.99 Å². The van der Waals surface area contributed by atoms with Crippen LogP contribution >= 0.6 is 0 Å². The highest BCUT2D eigenvalue weighted by Gasteiger charge is 2.27. The molecule has 0 aliphatic carbocycles. The number of carbonyl (C=O) groups excluding carboxylic acids is 1. The third-order valence-electron chi connectivity index (χ3n) is 4.42. The molecule has 0 atom stereocenters. The summed E-state index contributed by atoms with van der Waals surface area (Å²) in [4.78, 5) is 14.8. The summed E-state index contributed by atoms with van der Waals surface area (Å²) in [6, 6.07) is 0. The van der Waals surface area contributed by atoms with Crippen LogP contribution in [0.1, 0.15) is 103 Å². The van der Waals surface area contributed by atoms with Crippen LogP contribution in [0.3, 0.4) is 0 Å². The Kier molecular flexibility index (Phi) is 15.5. The Morgan fingerprint density at radius 3 is 1.65 bits per heavy atom. The number of ketones is 1. The Balaban J connectivity index is 3.34. The lowest BCUT2D eigenvalue weighted by Gasteiger charge is -2.13. The van der Waals surface area contributed by atoms with Gasteiger partial charge in [0.2, 0.25) is 0 Å². The van der Waals surface area contributed by atoms with E-state index in [4.69, 9.17) is 0 Å². The molecule has 0 aromatic heterocycles. The van der Waals surface area contributed by atoms with Crippen molar-refractivity contribution in [3.8, 4) is 0 Å². The largest absolute Gasteiger partial charge is 0.856 e. The van der Waals surface area contributed by atoms with Crippen LogP contribution in [0.25, 0.3) is 0 Å². The molecule has 3 nitrogen and oxygen atoms in total. The second-order valence-electron chi connectivity index (χ2n) is 6.97. The molecule has 0 unspecified atom stereocenters. The van der Waals surface area contributed by atoms with Crippen molar-refractivity contribution in [3.63, 3.8) is 0 Å². The summed E-state index contributed by atoms with van der Waals surface area (Å²) in [6.45, 7) is 2.14. The van der Waals surface area contributed by atoms with E-state index >= 15 is 0 Å². The molecule has 0 aromatic carbocycles. The number of aliphatic imine (C=N–C) groups is 1. The molecule has 0 heterocycles. The number of nitrogens with zero attached hydrogens (tertiary/aromatic N) is 1. The van der Waals surface area contributed by atoms with Gasteiger partial charge >= 0.3 is 6.18 Å². The third-order valence-corrected chi connectivity index (χ3v) is 4.42. The fourth-order valence-corrected chi connectivity index (χ4v) is 2.82. The van der Waals surface area contributed by atoms with E-state index in [1.165, 1.54) is 25.7 Å². The Hall–Kier alpha value is -1.07. The molecular formula is C20H35F3NO2-. The lowest BCUT2D eigenvalue weighted by Crippen LogP contribution is -2.35. The average molecular weight is 378 g/mol. The number of halogens is 3.